The Labute approximate surface area is 147 Å². The minimum Gasteiger partial charge on any atom is -0.378 e. The summed E-state index contributed by atoms with van der Waals surface area (Å²) in [6, 6.07) is -0.101. The molecule has 7 nitrogen and oxygen atoms in total. The highest BCUT2D eigenvalue weighted by molar-refractivity contribution is 5.95. The second kappa shape index (κ2) is 6.66. The summed E-state index contributed by atoms with van der Waals surface area (Å²) in [6.45, 7) is 1.10. The predicted molar refractivity (Wildman–Crippen MR) is 83.7 cm³/mol. The van der Waals surface area contributed by atoms with E-state index >= 15 is 0 Å². The molecule has 0 aromatic carbocycles. The third-order valence-corrected chi connectivity index (χ3v) is 5.01. The van der Waals surface area contributed by atoms with Crippen LogP contribution < -0.4 is 5.32 Å². The van der Waals surface area contributed by atoms with Crippen molar-refractivity contribution in [3.63, 3.8) is 0 Å². The van der Waals surface area contributed by atoms with Crippen molar-refractivity contribution in [3.8, 4) is 0 Å². The van der Waals surface area contributed by atoms with Crippen molar-refractivity contribution in [1.82, 2.24) is 14.9 Å². The second-order valence-electron chi connectivity index (χ2n) is 6.72. The zero-order valence-electron chi connectivity index (χ0n) is 14.0. The van der Waals surface area contributed by atoms with Crippen LogP contribution in [-0.4, -0.2) is 65.3 Å². The number of halogens is 3. The molecule has 3 saturated heterocycles. The highest BCUT2D eigenvalue weighted by Gasteiger charge is 2.42. The first kappa shape index (κ1) is 17.5. The summed E-state index contributed by atoms with van der Waals surface area (Å²) in [5.41, 5.74) is -1.75. The van der Waals surface area contributed by atoms with E-state index < -0.39 is 23.3 Å². The van der Waals surface area contributed by atoms with E-state index in [1.54, 1.807) is 0 Å². The topological polar surface area (TPSA) is 76.6 Å². The maximum absolute atomic E-state index is 13.5. The number of aromatic nitrogens is 2. The number of nitrogens with zero attached hydrogens (tertiary/aromatic N) is 3. The zero-order valence-corrected chi connectivity index (χ0v) is 14.0. The van der Waals surface area contributed by atoms with Crippen molar-refractivity contribution in [1.29, 1.82) is 0 Å². The van der Waals surface area contributed by atoms with Crippen LogP contribution >= 0.6 is 0 Å². The van der Waals surface area contributed by atoms with Crippen LogP contribution in [0.1, 0.15) is 35.3 Å². The zero-order chi connectivity index (χ0) is 18.3. The van der Waals surface area contributed by atoms with Crippen molar-refractivity contribution < 1.29 is 27.4 Å². The smallest absolute Gasteiger partial charge is 0.378 e. The van der Waals surface area contributed by atoms with Gasteiger partial charge in [0, 0.05) is 19.3 Å². The summed E-state index contributed by atoms with van der Waals surface area (Å²) >= 11 is 0. The summed E-state index contributed by atoms with van der Waals surface area (Å²) in [4.78, 5) is 21.4. The molecule has 1 amide bonds. The van der Waals surface area contributed by atoms with Gasteiger partial charge in [0.25, 0.3) is 5.91 Å². The van der Waals surface area contributed by atoms with Crippen LogP contribution in [0.3, 0.4) is 0 Å². The van der Waals surface area contributed by atoms with E-state index in [4.69, 9.17) is 9.47 Å². The fourth-order valence-corrected chi connectivity index (χ4v) is 3.72. The SMILES string of the molecule is O=C(c1cnc(N[C@H]2C[C@H]3CC[C@@H]2O3)nc1C(F)(F)F)N1CCOCC1. The Balaban J connectivity index is 1.57. The van der Waals surface area contributed by atoms with E-state index in [-0.39, 0.29) is 37.3 Å². The number of carbonyl (C=O) groups is 1. The number of rotatable bonds is 3. The lowest BCUT2D eigenvalue weighted by Crippen LogP contribution is -2.41. The van der Waals surface area contributed by atoms with Gasteiger partial charge in [-0.15, -0.1) is 0 Å². The first-order valence-electron chi connectivity index (χ1n) is 8.65. The Kier molecular flexibility index (Phi) is 4.47. The van der Waals surface area contributed by atoms with Crippen molar-refractivity contribution in [2.45, 2.75) is 43.7 Å². The summed E-state index contributed by atoms with van der Waals surface area (Å²) in [7, 11) is 0. The summed E-state index contributed by atoms with van der Waals surface area (Å²) < 4.78 is 51.3. The van der Waals surface area contributed by atoms with Gasteiger partial charge in [0.15, 0.2) is 5.69 Å². The van der Waals surface area contributed by atoms with Gasteiger partial charge in [0.1, 0.15) is 0 Å². The van der Waals surface area contributed by atoms with Crippen LogP contribution in [0.25, 0.3) is 0 Å². The highest BCUT2D eigenvalue weighted by atomic mass is 19.4. The van der Waals surface area contributed by atoms with Crippen molar-refractivity contribution in [2.75, 3.05) is 31.6 Å². The van der Waals surface area contributed by atoms with E-state index in [0.717, 1.165) is 25.5 Å². The average molecular weight is 372 g/mol. The van der Waals surface area contributed by atoms with Crippen LogP contribution in [0, 0.1) is 0 Å². The lowest BCUT2D eigenvalue weighted by Gasteiger charge is -2.27. The van der Waals surface area contributed by atoms with E-state index in [0.29, 0.717) is 13.2 Å². The Morgan fingerprint density at radius 3 is 2.65 bits per heavy atom. The van der Waals surface area contributed by atoms with E-state index in [2.05, 4.69) is 15.3 Å². The molecule has 10 heteroatoms. The van der Waals surface area contributed by atoms with Crippen LogP contribution in [-0.2, 0) is 15.7 Å². The molecule has 0 saturated carbocycles. The maximum atomic E-state index is 13.5. The van der Waals surface area contributed by atoms with Gasteiger partial charge in [-0.05, 0) is 19.3 Å². The van der Waals surface area contributed by atoms with E-state index in [9.17, 15) is 18.0 Å². The molecule has 142 valence electrons. The van der Waals surface area contributed by atoms with Gasteiger partial charge in [-0.1, -0.05) is 0 Å². The molecule has 0 spiro atoms. The molecule has 1 N–H and O–H groups in total. The Bertz CT molecular complexity index is 694. The van der Waals surface area contributed by atoms with Gasteiger partial charge in [-0.2, -0.15) is 13.2 Å². The number of alkyl halides is 3. The third-order valence-electron chi connectivity index (χ3n) is 5.01. The predicted octanol–water partition coefficient (Wildman–Crippen LogP) is 1.70. The molecule has 0 radical (unpaired) electrons. The molecule has 4 rings (SSSR count). The monoisotopic (exact) mass is 372 g/mol. The molecule has 0 aliphatic carbocycles. The Morgan fingerprint density at radius 1 is 1.27 bits per heavy atom. The molecule has 3 aliphatic heterocycles. The number of ether oxygens (including phenoxy) is 2. The number of hydrogen-bond acceptors (Lipinski definition) is 6. The van der Waals surface area contributed by atoms with E-state index in [1.807, 2.05) is 0 Å². The number of anilines is 1. The highest BCUT2D eigenvalue weighted by Crippen LogP contribution is 2.36. The molecule has 4 heterocycles. The summed E-state index contributed by atoms with van der Waals surface area (Å²) in [5.74, 6) is -0.854. The van der Waals surface area contributed by atoms with Gasteiger partial charge in [-0.3, -0.25) is 4.79 Å². The third kappa shape index (κ3) is 3.35. The lowest BCUT2D eigenvalue weighted by atomic mass is 9.96. The summed E-state index contributed by atoms with van der Waals surface area (Å²) in [6.07, 6.45) is -1.07. The first-order valence-corrected chi connectivity index (χ1v) is 8.65. The molecule has 0 unspecified atom stereocenters. The van der Waals surface area contributed by atoms with Crippen LogP contribution in [0.5, 0.6) is 0 Å². The van der Waals surface area contributed by atoms with Gasteiger partial charge in [0.2, 0.25) is 5.95 Å². The molecule has 26 heavy (non-hydrogen) atoms. The first-order chi connectivity index (χ1) is 12.4. The van der Waals surface area contributed by atoms with Gasteiger partial charge >= 0.3 is 6.18 Å². The minimum absolute atomic E-state index is 0.0207. The normalized spacial score (nSPS) is 28.4. The number of fused-ring (bicyclic) bond motifs is 2. The largest absolute Gasteiger partial charge is 0.434 e. The molecule has 1 aromatic rings. The Morgan fingerprint density at radius 2 is 2.04 bits per heavy atom. The molecule has 2 bridgehead atoms. The second-order valence-corrected chi connectivity index (χ2v) is 6.72. The number of morpholine rings is 1. The van der Waals surface area contributed by atoms with Crippen molar-refractivity contribution in [3.05, 3.63) is 17.5 Å². The van der Waals surface area contributed by atoms with Gasteiger partial charge in [-0.25, -0.2) is 9.97 Å². The molecule has 3 fully saturated rings. The molecule has 3 atom stereocenters. The van der Waals surface area contributed by atoms with Crippen LogP contribution in [0.15, 0.2) is 6.20 Å². The number of hydrogen-bond donors (Lipinski definition) is 1. The summed E-state index contributed by atoms with van der Waals surface area (Å²) in [5, 5.41) is 2.94. The minimum atomic E-state index is -4.75. The fourth-order valence-electron chi connectivity index (χ4n) is 3.72. The van der Waals surface area contributed by atoms with Crippen LogP contribution in [0.2, 0.25) is 0 Å². The van der Waals surface area contributed by atoms with Crippen LogP contribution in [0.4, 0.5) is 19.1 Å². The molecule has 3 aliphatic rings. The number of amides is 1. The van der Waals surface area contributed by atoms with Gasteiger partial charge in [0.05, 0.1) is 37.0 Å². The quantitative estimate of drug-likeness (QED) is 0.870. The number of carbonyl (C=O) groups excluding carboxylic acids is 1. The molecular weight excluding hydrogens is 353 g/mol. The lowest BCUT2D eigenvalue weighted by molar-refractivity contribution is -0.141. The van der Waals surface area contributed by atoms with E-state index in [1.165, 1.54) is 4.90 Å². The fraction of sp³-hybridized carbons (Fsp3) is 0.688. The molecular formula is C16H19F3N4O3. The standard InChI is InChI=1S/C16H19F3N4O3/c17-16(18,19)13-10(14(24)23-3-5-25-6-4-23)8-20-15(22-13)21-11-7-9-1-2-12(11)26-9/h8-9,11-12H,1-7H2,(H,20,21,22)/t9-,11+,12+/m1/s1. The average Bonchev–Trinajstić information content (AvgIpc) is 3.24. The molecule has 1 aromatic heterocycles. The van der Waals surface area contributed by atoms with Crippen molar-refractivity contribution in [2.24, 2.45) is 0 Å². The maximum Gasteiger partial charge on any atom is 0.434 e. The van der Waals surface area contributed by atoms with Gasteiger partial charge < -0.3 is 19.7 Å². The number of nitrogens with one attached hydrogen (secondary N) is 1. The van der Waals surface area contributed by atoms with Crippen molar-refractivity contribution >= 4 is 11.9 Å². The Hall–Kier alpha value is -1.94.